The molecule has 0 aliphatic carbocycles. The Morgan fingerprint density at radius 2 is 2.40 bits per heavy atom. The van der Waals surface area contributed by atoms with Gasteiger partial charge in [-0.05, 0) is 36.5 Å². The van der Waals surface area contributed by atoms with Crippen molar-refractivity contribution in [3.63, 3.8) is 0 Å². The van der Waals surface area contributed by atoms with Gasteiger partial charge in [0.15, 0.2) is 0 Å². The van der Waals surface area contributed by atoms with Gasteiger partial charge in [0.25, 0.3) is 0 Å². The first-order valence-electron chi connectivity index (χ1n) is 4.74. The number of carbonyl (C=O) groups is 1. The highest BCUT2D eigenvalue weighted by Crippen LogP contribution is 2.16. The summed E-state index contributed by atoms with van der Waals surface area (Å²) in [6.07, 6.45) is 0. The van der Waals surface area contributed by atoms with Crippen LogP contribution in [0.4, 0.5) is 0 Å². The van der Waals surface area contributed by atoms with E-state index in [0.29, 0.717) is 6.54 Å². The normalized spacial score (nSPS) is 13.0. The maximum Gasteiger partial charge on any atom is 0.325 e. The average Bonchev–Trinajstić information content (AvgIpc) is 2.63. The standard InChI is InChI=1S/C10H16N2O2S/c1-12(2)5-4-11-9(10(13)14)8-3-6-15-7-8/h3,6-7,9,11H,4-5H2,1-2H3,(H,13,14). The lowest BCUT2D eigenvalue weighted by Crippen LogP contribution is -2.33. The monoisotopic (exact) mass is 228 g/mol. The van der Waals surface area contributed by atoms with Crippen LogP contribution in [-0.4, -0.2) is 43.2 Å². The smallest absolute Gasteiger partial charge is 0.325 e. The molecule has 84 valence electrons. The average molecular weight is 228 g/mol. The molecule has 0 amide bonds. The van der Waals surface area contributed by atoms with Gasteiger partial charge in [-0.15, -0.1) is 0 Å². The molecular weight excluding hydrogens is 212 g/mol. The molecule has 1 heterocycles. The molecule has 0 saturated heterocycles. The molecule has 0 spiro atoms. The van der Waals surface area contributed by atoms with Crippen molar-refractivity contribution in [1.29, 1.82) is 0 Å². The van der Waals surface area contributed by atoms with E-state index >= 15 is 0 Å². The Kier molecular flexibility index (Phi) is 4.74. The Morgan fingerprint density at radius 3 is 2.87 bits per heavy atom. The predicted molar refractivity (Wildman–Crippen MR) is 61.3 cm³/mol. The van der Waals surface area contributed by atoms with E-state index in [4.69, 9.17) is 5.11 Å². The first-order valence-corrected chi connectivity index (χ1v) is 5.68. The molecule has 2 N–H and O–H groups in total. The van der Waals surface area contributed by atoms with Crippen LogP contribution in [-0.2, 0) is 4.79 Å². The zero-order valence-electron chi connectivity index (χ0n) is 8.93. The highest BCUT2D eigenvalue weighted by molar-refractivity contribution is 7.08. The Morgan fingerprint density at radius 1 is 1.67 bits per heavy atom. The second kappa shape index (κ2) is 5.85. The van der Waals surface area contributed by atoms with Crippen molar-refractivity contribution in [2.24, 2.45) is 0 Å². The molecule has 0 aromatic carbocycles. The lowest BCUT2D eigenvalue weighted by molar-refractivity contribution is -0.139. The van der Waals surface area contributed by atoms with E-state index < -0.39 is 12.0 Å². The number of rotatable bonds is 6. The number of hydrogen-bond acceptors (Lipinski definition) is 4. The summed E-state index contributed by atoms with van der Waals surface area (Å²) >= 11 is 1.51. The fourth-order valence-electron chi connectivity index (χ4n) is 1.22. The van der Waals surface area contributed by atoms with Crippen LogP contribution in [0.5, 0.6) is 0 Å². The van der Waals surface area contributed by atoms with Gasteiger partial charge in [0, 0.05) is 13.1 Å². The Hall–Kier alpha value is -0.910. The summed E-state index contributed by atoms with van der Waals surface area (Å²) in [7, 11) is 3.92. The van der Waals surface area contributed by atoms with E-state index in [1.807, 2.05) is 35.8 Å². The van der Waals surface area contributed by atoms with Gasteiger partial charge >= 0.3 is 5.97 Å². The maximum absolute atomic E-state index is 11.0. The Balaban J connectivity index is 2.49. The van der Waals surface area contributed by atoms with Gasteiger partial charge in [-0.3, -0.25) is 10.1 Å². The van der Waals surface area contributed by atoms with Crippen molar-refractivity contribution in [2.45, 2.75) is 6.04 Å². The molecule has 0 aliphatic heterocycles. The van der Waals surface area contributed by atoms with Gasteiger partial charge in [0.05, 0.1) is 0 Å². The number of nitrogens with zero attached hydrogens (tertiary/aromatic N) is 1. The summed E-state index contributed by atoms with van der Waals surface area (Å²) in [6, 6.07) is 1.25. The molecule has 4 nitrogen and oxygen atoms in total. The fraction of sp³-hybridized carbons (Fsp3) is 0.500. The van der Waals surface area contributed by atoms with Crippen molar-refractivity contribution in [1.82, 2.24) is 10.2 Å². The summed E-state index contributed by atoms with van der Waals surface area (Å²) in [6.45, 7) is 1.49. The van der Waals surface area contributed by atoms with E-state index in [1.54, 1.807) is 0 Å². The lowest BCUT2D eigenvalue weighted by Gasteiger charge is -2.15. The number of aliphatic carboxylic acids is 1. The number of nitrogens with one attached hydrogen (secondary N) is 1. The van der Waals surface area contributed by atoms with E-state index in [1.165, 1.54) is 11.3 Å². The first kappa shape index (κ1) is 12.2. The molecule has 0 fully saturated rings. The van der Waals surface area contributed by atoms with Crippen molar-refractivity contribution in [3.05, 3.63) is 22.4 Å². The van der Waals surface area contributed by atoms with Gasteiger partial charge < -0.3 is 10.0 Å². The highest BCUT2D eigenvalue weighted by Gasteiger charge is 2.18. The van der Waals surface area contributed by atoms with Gasteiger partial charge in [0.1, 0.15) is 6.04 Å². The molecule has 1 aromatic heterocycles. The molecule has 0 bridgehead atoms. The minimum absolute atomic E-state index is 0.587. The zero-order chi connectivity index (χ0) is 11.3. The van der Waals surface area contributed by atoms with Crippen LogP contribution < -0.4 is 5.32 Å². The van der Waals surface area contributed by atoms with Crippen LogP contribution >= 0.6 is 11.3 Å². The molecular formula is C10H16N2O2S. The van der Waals surface area contributed by atoms with Crippen LogP contribution in [0.1, 0.15) is 11.6 Å². The van der Waals surface area contributed by atoms with E-state index in [-0.39, 0.29) is 0 Å². The minimum atomic E-state index is -0.827. The molecule has 15 heavy (non-hydrogen) atoms. The molecule has 1 rings (SSSR count). The van der Waals surface area contributed by atoms with Crippen LogP contribution in [0.3, 0.4) is 0 Å². The van der Waals surface area contributed by atoms with Gasteiger partial charge in [0.2, 0.25) is 0 Å². The highest BCUT2D eigenvalue weighted by atomic mass is 32.1. The Bertz CT molecular complexity index is 298. The van der Waals surface area contributed by atoms with Crippen LogP contribution in [0.2, 0.25) is 0 Å². The second-order valence-corrected chi connectivity index (χ2v) is 4.37. The Labute approximate surface area is 93.5 Å². The third-order valence-corrected chi connectivity index (χ3v) is 2.73. The maximum atomic E-state index is 11.0. The molecule has 5 heteroatoms. The number of likely N-dealkylation sites (N-methyl/N-ethyl adjacent to an activating group) is 1. The molecule has 0 radical (unpaired) electrons. The molecule has 0 saturated carbocycles. The van der Waals surface area contributed by atoms with Crippen molar-refractivity contribution >= 4 is 17.3 Å². The zero-order valence-corrected chi connectivity index (χ0v) is 9.75. The van der Waals surface area contributed by atoms with Crippen molar-refractivity contribution < 1.29 is 9.90 Å². The summed E-state index contributed by atoms with van der Waals surface area (Å²) in [5, 5.41) is 15.8. The minimum Gasteiger partial charge on any atom is -0.480 e. The van der Waals surface area contributed by atoms with E-state index in [9.17, 15) is 4.79 Å². The van der Waals surface area contributed by atoms with Crippen LogP contribution in [0.15, 0.2) is 16.8 Å². The topological polar surface area (TPSA) is 52.6 Å². The fourth-order valence-corrected chi connectivity index (χ4v) is 1.91. The van der Waals surface area contributed by atoms with Gasteiger partial charge in [-0.25, -0.2) is 0 Å². The summed E-state index contributed by atoms with van der Waals surface area (Å²) in [5.74, 6) is -0.827. The summed E-state index contributed by atoms with van der Waals surface area (Å²) in [4.78, 5) is 13.0. The molecule has 1 aromatic rings. The number of thiophene rings is 1. The van der Waals surface area contributed by atoms with Gasteiger partial charge in [-0.2, -0.15) is 11.3 Å². The van der Waals surface area contributed by atoms with Crippen molar-refractivity contribution in [2.75, 3.05) is 27.2 Å². The molecule has 1 atom stereocenters. The number of hydrogen-bond donors (Lipinski definition) is 2. The largest absolute Gasteiger partial charge is 0.480 e. The second-order valence-electron chi connectivity index (χ2n) is 3.59. The van der Waals surface area contributed by atoms with E-state index in [2.05, 4.69) is 5.32 Å². The quantitative estimate of drug-likeness (QED) is 0.763. The number of carboxylic acid groups (broad SMARTS) is 1. The molecule has 0 aliphatic rings. The third-order valence-electron chi connectivity index (χ3n) is 2.03. The van der Waals surface area contributed by atoms with E-state index in [0.717, 1.165) is 12.1 Å². The summed E-state index contributed by atoms with van der Waals surface area (Å²) < 4.78 is 0. The van der Waals surface area contributed by atoms with Crippen LogP contribution in [0.25, 0.3) is 0 Å². The first-order chi connectivity index (χ1) is 7.11. The SMILES string of the molecule is CN(C)CCNC(C(=O)O)c1ccsc1. The van der Waals surface area contributed by atoms with Crippen LogP contribution in [0, 0.1) is 0 Å². The number of carboxylic acids is 1. The summed E-state index contributed by atoms with van der Waals surface area (Å²) in [5.41, 5.74) is 0.825. The third kappa shape index (κ3) is 3.99. The molecule has 1 unspecified atom stereocenters. The predicted octanol–water partition coefficient (Wildman–Crippen LogP) is 1.03. The van der Waals surface area contributed by atoms with Crippen molar-refractivity contribution in [3.8, 4) is 0 Å². The lowest BCUT2D eigenvalue weighted by atomic mass is 10.1. The van der Waals surface area contributed by atoms with Gasteiger partial charge in [-0.1, -0.05) is 0 Å².